The molecule has 0 saturated heterocycles. The zero-order valence-corrected chi connectivity index (χ0v) is 11.3. The Morgan fingerprint density at radius 1 is 1.20 bits per heavy atom. The van der Waals surface area contributed by atoms with Crippen LogP contribution in [0.2, 0.25) is 0 Å². The Hall–Kier alpha value is -2.60. The third kappa shape index (κ3) is 3.46. The van der Waals surface area contributed by atoms with Crippen LogP contribution in [-0.4, -0.2) is 12.4 Å². The van der Waals surface area contributed by atoms with Gasteiger partial charge in [-0.3, -0.25) is 4.79 Å². The molecule has 3 heteroatoms. The predicted molar refractivity (Wildman–Crippen MR) is 76.8 cm³/mol. The van der Waals surface area contributed by atoms with E-state index >= 15 is 0 Å². The van der Waals surface area contributed by atoms with Crippen LogP contribution in [0.5, 0.6) is 5.75 Å². The van der Waals surface area contributed by atoms with E-state index in [-0.39, 0.29) is 12.4 Å². The standard InChI is InChI=1S/C17H15NO2/c1-2-13-6-8-15(9-7-13)17(19)12-20-16-5-3-4-14(10-16)11-18/h3-10H,2,12H2,1H3. The van der Waals surface area contributed by atoms with Crippen molar-refractivity contribution in [3.63, 3.8) is 0 Å². The van der Waals surface area contributed by atoms with Crippen LogP contribution in [0.1, 0.15) is 28.4 Å². The van der Waals surface area contributed by atoms with Crippen LogP contribution >= 0.6 is 0 Å². The van der Waals surface area contributed by atoms with E-state index in [9.17, 15) is 4.79 Å². The molecule has 0 spiro atoms. The fourth-order valence-corrected chi connectivity index (χ4v) is 1.81. The fraction of sp³-hybridized carbons (Fsp3) is 0.176. The fourth-order valence-electron chi connectivity index (χ4n) is 1.81. The van der Waals surface area contributed by atoms with Crippen LogP contribution in [0.15, 0.2) is 48.5 Å². The number of ketones is 1. The SMILES string of the molecule is CCc1ccc(C(=O)COc2cccc(C#N)c2)cc1. The first-order valence-electron chi connectivity index (χ1n) is 6.48. The first-order valence-corrected chi connectivity index (χ1v) is 6.48. The summed E-state index contributed by atoms with van der Waals surface area (Å²) in [4.78, 5) is 12.0. The molecule has 3 nitrogen and oxygen atoms in total. The molecule has 2 aromatic rings. The summed E-state index contributed by atoms with van der Waals surface area (Å²) in [6.07, 6.45) is 0.950. The van der Waals surface area contributed by atoms with Gasteiger partial charge in [-0.2, -0.15) is 5.26 Å². The van der Waals surface area contributed by atoms with Crippen LogP contribution in [-0.2, 0) is 6.42 Å². The number of carbonyl (C=O) groups is 1. The van der Waals surface area contributed by atoms with Crippen LogP contribution in [0.4, 0.5) is 0 Å². The predicted octanol–water partition coefficient (Wildman–Crippen LogP) is 3.38. The first kappa shape index (κ1) is 13.8. The second-order valence-electron chi connectivity index (χ2n) is 4.40. The van der Waals surface area contributed by atoms with Crippen LogP contribution < -0.4 is 4.74 Å². The van der Waals surface area contributed by atoms with Gasteiger partial charge < -0.3 is 4.74 Å². The molecular weight excluding hydrogens is 250 g/mol. The average molecular weight is 265 g/mol. The molecule has 0 bridgehead atoms. The normalized spacial score (nSPS) is 9.80. The van der Waals surface area contributed by atoms with Gasteiger partial charge in [0.15, 0.2) is 12.4 Å². The Labute approximate surface area is 118 Å². The highest BCUT2D eigenvalue weighted by atomic mass is 16.5. The molecule has 0 N–H and O–H groups in total. The van der Waals surface area contributed by atoms with E-state index in [1.54, 1.807) is 24.3 Å². The number of hydrogen-bond acceptors (Lipinski definition) is 3. The summed E-state index contributed by atoms with van der Waals surface area (Å²) in [5, 5.41) is 8.79. The van der Waals surface area contributed by atoms with Gasteiger partial charge in [0.25, 0.3) is 0 Å². The van der Waals surface area contributed by atoms with Gasteiger partial charge >= 0.3 is 0 Å². The maximum atomic E-state index is 12.0. The lowest BCUT2D eigenvalue weighted by Crippen LogP contribution is -2.11. The van der Waals surface area contributed by atoms with E-state index in [4.69, 9.17) is 10.00 Å². The van der Waals surface area contributed by atoms with Gasteiger partial charge in [0, 0.05) is 5.56 Å². The summed E-state index contributed by atoms with van der Waals surface area (Å²) >= 11 is 0. The molecule has 0 fully saturated rings. The molecule has 2 rings (SSSR count). The van der Waals surface area contributed by atoms with Gasteiger partial charge in [-0.25, -0.2) is 0 Å². The van der Waals surface area contributed by atoms with E-state index in [0.717, 1.165) is 6.42 Å². The summed E-state index contributed by atoms with van der Waals surface area (Å²) in [6, 6.07) is 16.3. The van der Waals surface area contributed by atoms with Crippen molar-refractivity contribution in [1.29, 1.82) is 5.26 Å². The number of carbonyl (C=O) groups excluding carboxylic acids is 1. The quantitative estimate of drug-likeness (QED) is 0.779. The van der Waals surface area contributed by atoms with E-state index < -0.39 is 0 Å². The van der Waals surface area contributed by atoms with Gasteiger partial charge in [-0.1, -0.05) is 37.3 Å². The third-order valence-corrected chi connectivity index (χ3v) is 3.02. The largest absolute Gasteiger partial charge is 0.485 e. The molecule has 100 valence electrons. The molecule has 0 saturated carbocycles. The number of aryl methyl sites for hydroxylation is 1. The van der Waals surface area contributed by atoms with Crippen LogP contribution in [0.3, 0.4) is 0 Å². The second kappa shape index (κ2) is 6.53. The highest BCUT2D eigenvalue weighted by molar-refractivity contribution is 5.97. The van der Waals surface area contributed by atoms with Crippen molar-refractivity contribution in [3.05, 3.63) is 65.2 Å². The number of benzene rings is 2. The molecule has 0 aliphatic rings. The molecule has 0 amide bonds. The van der Waals surface area contributed by atoms with Crippen molar-refractivity contribution < 1.29 is 9.53 Å². The molecule has 20 heavy (non-hydrogen) atoms. The molecule has 0 radical (unpaired) electrons. The van der Waals surface area contributed by atoms with Crippen molar-refractivity contribution >= 4 is 5.78 Å². The molecule has 0 unspecified atom stereocenters. The van der Waals surface area contributed by atoms with Crippen molar-refractivity contribution in [2.24, 2.45) is 0 Å². The van der Waals surface area contributed by atoms with Crippen LogP contribution in [0, 0.1) is 11.3 Å². The molecular formula is C17H15NO2. The van der Waals surface area contributed by atoms with Crippen molar-refractivity contribution in [1.82, 2.24) is 0 Å². The summed E-state index contributed by atoms with van der Waals surface area (Å²) in [7, 11) is 0. The monoisotopic (exact) mass is 265 g/mol. The minimum absolute atomic E-state index is 0.0274. The summed E-state index contributed by atoms with van der Waals surface area (Å²) in [6.45, 7) is 2.04. The molecule has 0 aliphatic heterocycles. The smallest absolute Gasteiger partial charge is 0.200 e. The minimum atomic E-state index is -0.0741. The van der Waals surface area contributed by atoms with Gasteiger partial charge in [-0.05, 0) is 30.2 Å². The number of rotatable bonds is 5. The Bertz CT molecular complexity index is 639. The molecule has 0 heterocycles. The van der Waals surface area contributed by atoms with Gasteiger partial charge in [0.05, 0.1) is 11.6 Å². The lowest BCUT2D eigenvalue weighted by molar-refractivity contribution is 0.0921. The van der Waals surface area contributed by atoms with Gasteiger partial charge in [0.1, 0.15) is 5.75 Å². The number of nitriles is 1. The highest BCUT2D eigenvalue weighted by Gasteiger charge is 2.07. The van der Waals surface area contributed by atoms with Crippen molar-refractivity contribution in [2.75, 3.05) is 6.61 Å². The minimum Gasteiger partial charge on any atom is -0.485 e. The zero-order valence-electron chi connectivity index (χ0n) is 11.3. The molecule has 0 atom stereocenters. The third-order valence-electron chi connectivity index (χ3n) is 3.02. The molecule has 0 aliphatic carbocycles. The van der Waals surface area contributed by atoms with Crippen LogP contribution in [0.25, 0.3) is 0 Å². The lowest BCUT2D eigenvalue weighted by Gasteiger charge is -2.06. The van der Waals surface area contributed by atoms with Crippen molar-refractivity contribution in [2.45, 2.75) is 13.3 Å². The maximum Gasteiger partial charge on any atom is 0.200 e. The Morgan fingerprint density at radius 2 is 1.95 bits per heavy atom. The van der Waals surface area contributed by atoms with E-state index in [0.29, 0.717) is 16.9 Å². The lowest BCUT2D eigenvalue weighted by atomic mass is 10.1. The summed E-state index contributed by atoms with van der Waals surface area (Å²) in [5.41, 5.74) is 2.35. The number of nitrogens with zero attached hydrogens (tertiary/aromatic N) is 1. The Morgan fingerprint density at radius 3 is 2.60 bits per heavy atom. The summed E-state index contributed by atoms with van der Waals surface area (Å²) in [5.74, 6) is 0.456. The Balaban J connectivity index is 1.99. The molecule has 0 aromatic heterocycles. The topological polar surface area (TPSA) is 50.1 Å². The van der Waals surface area contributed by atoms with E-state index in [2.05, 4.69) is 6.92 Å². The number of hydrogen-bond donors (Lipinski definition) is 0. The highest BCUT2D eigenvalue weighted by Crippen LogP contribution is 2.13. The number of ether oxygens (including phenoxy) is 1. The zero-order chi connectivity index (χ0) is 14.4. The first-order chi connectivity index (χ1) is 9.72. The maximum absolute atomic E-state index is 12.0. The molecule has 2 aromatic carbocycles. The Kier molecular flexibility index (Phi) is 4.52. The number of Topliss-reactive ketones (excluding diaryl/α,β-unsaturated/α-hetero) is 1. The summed E-state index contributed by atoms with van der Waals surface area (Å²) < 4.78 is 5.42. The van der Waals surface area contributed by atoms with E-state index in [1.165, 1.54) is 5.56 Å². The van der Waals surface area contributed by atoms with E-state index in [1.807, 2.05) is 30.3 Å². The van der Waals surface area contributed by atoms with Gasteiger partial charge in [-0.15, -0.1) is 0 Å². The second-order valence-corrected chi connectivity index (χ2v) is 4.40. The van der Waals surface area contributed by atoms with Crippen molar-refractivity contribution in [3.8, 4) is 11.8 Å². The van der Waals surface area contributed by atoms with Gasteiger partial charge in [0.2, 0.25) is 0 Å². The average Bonchev–Trinajstić information content (AvgIpc) is 2.53.